The molecule has 3 aromatic rings. The molecule has 0 saturated carbocycles. The van der Waals surface area contributed by atoms with Gasteiger partial charge in [-0.1, -0.05) is 11.3 Å². The van der Waals surface area contributed by atoms with E-state index in [2.05, 4.69) is 20.3 Å². The maximum absolute atomic E-state index is 11.3. The summed E-state index contributed by atoms with van der Waals surface area (Å²) in [4.78, 5) is 19.4. The number of carbonyl (C=O) groups is 1. The van der Waals surface area contributed by atoms with E-state index in [4.69, 9.17) is 0 Å². The summed E-state index contributed by atoms with van der Waals surface area (Å²) in [6.45, 7) is 1.09. The normalized spacial score (nSPS) is 10.7. The highest BCUT2D eigenvalue weighted by Gasteiger charge is 2.21. The highest BCUT2D eigenvalue weighted by Crippen LogP contribution is 2.19. The maximum Gasteiger partial charge on any atom is 0.358 e. The molecule has 0 unspecified atom stereocenters. The van der Waals surface area contributed by atoms with Gasteiger partial charge in [0.1, 0.15) is 5.69 Å². The van der Waals surface area contributed by atoms with Gasteiger partial charge in [0.15, 0.2) is 5.69 Å². The van der Waals surface area contributed by atoms with E-state index in [0.717, 1.165) is 0 Å². The third kappa shape index (κ3) is 2.64. The van der Waals surface area contributed by atoms with Gasteiger partial charge >= 0.3 is 5.97 Å². The van der Waals surface area contributed by atoms with Crippen LogP contribution in [0.25, 0.3) is 11.4 Å². The average Bonchev–Trinajstić information content (AvgIpc) is 3.15. The second-order valence-electron chi connectivity index (χ2n) is 4.33. The summed E-state index contributed by atoms with van der Waals surface area (Å²) in [5.74, 6) is -1.12. The van der Waals surface area contributed by atoms with E-state index in [1.54, 1.807) is 41.6 Å². The smallest absolute Gasteiger partial charge is 0.358 e. The number of nitrogens with zero attached hydrogens (tertiary/aromatic N) is 6. The quantitative estimate of drug-likeness (QED) is 0.748. The largest absolute Gasteiger partial charge is 0.476 e. The second-order valence-corrected chi connectivity index (χ2v) is 4.33. The average molecular weight is 284 g/mol. The van der Waals surface area contributed by atoms with Gasteiger partial charge in [0.2, 0.25) is 0 Å². The first-order chi connectivity index (χ1) is 10.3. The highest BCUT2D eigenvalue weighted by molar-refractivity contribution is 5.92. The minimum absolute atomic E-state index is 0.0978. The number of pyridine rings is 1. The van der Waals surface area contributed by atoms with Gasteiger partial charge in [-0.05, 0) is 12.1 Å². The van der Waals surface area contributed by atoms with Crippen LogP contribution in [0.5, 0.6) is 0 Å². The highest BCUT2D eigenvalue weighted by atomic mass is 16.4. The van der Waals surface area contributed by atoms with Crippen molar-refractivity contribution >= 4 is 5.97 Å². The first-order valence-electron chi connectivity index (χ1n) is 6.29. The van der Waals surface area contributed by atoms with Crippen LogP contribution in [0.15, 0.2) is 43.1 Å². The number of hydrogen-bond donors (Lipinski definition) is 1. The Kier molecular flexibility index (Phi) is 3.42. The van der Waals surface area contributed by atoms with Gasteiger partial charge in [0.25, 0.3) is 0 Å². The molecule has 0 aliphatic carbocycles. The van der Waals surface area contributed by atoms with Crippen LogP contribution in [0, 0.1) is 0 Å². The molecule has 3 heterocycles. The number of imidazole rings is 1. The molecule has 1 N–H and O–H groups in total. The Morgan fingerprint density at radius 3 is 2.81 bits per heavy atom. The van der Waals surface area contributed by atoms with Gasteiger partial charge in [0, 0.05) is 25.1 Å². The van der Waals surface area contributed by atoms with Gasteiger partial charge < -0.3 is 9.67 Å². The summed E-state index contributed by atoms with van der Waals surface area (Å²) in [6, 6.07) is 5.30. The minimum Gasteiger partial charge on any atom is -0.476 e. The predicted octanol–water partition coefficient (Wildman–Crippen LogP) is 0.935. The minimum atomic E-state index is -1.12. The molecule has 0 saturated heterocycles. The van der Waals surface area contributed by atoms with E-state index in [1.165, 1.54) is 0 Å². The summed E-state index contributed by atoms with van der Waals surface area (Å²) in [7, 11) is 0. The van der Waals surface area contributed by atoms with Crippen molar-refractivity contribution in [2.24, 2.45) is 0 Å². The van der Waals surface area contributed by atoms with Gasteiger partial charge in [0.05, 0.1) is 18.6 Å². The summed E-state index contributed by atoms with van der Waals surface area (Å²) < 4.78 is 3.43. The molecule has 8 heteroatoms. The molecule has 21 heavy (non-hydrogen) atoms. The SMILES string of the molecule is O=C(O)c1nnn(CCn2ccnc2)c1-c1ccccn1. The Morgan fingerprint density at radius 1 is 1.24 bits per heavy atom. The van der Waals surface area contributed by atoms with Crippen LogP contribution < -0.4 is 0 Å². The van der Waals surface area contributed by atoms with Gasteiger partial charge in [-0.3, -0.25) is 4.98 Å². The van der Waals surface area contributed by atoms with Gasteiger partial charge in [-0.25, -0.2) is 14.5 Å². The van der Waals surface area contributed by atoms with Crippen molar-refractivity contribution in [3.63, 3.8) is 0 Å². The van der Waals surface area contributed by atoms with Crippen molar-refractivity contribution in [3.8, 4) is 11.4 Å². The van der Waals surface area contributed by atoms with Crippen molar-refractivity contribution in [1.29, 1.82) is 0 Å². The third-order valence-corrected chi connectivity index (χ3v) is 2.97. The zero-order valence-electron chi connectivity index (χ0n) is 11.0. The van der Waals surface area contributed by atoms with E-state index in [-0.39, 0.29) is 5.69 Å². The number of aromatic carboxylic acids is 1. The summed E-state index contributed by atoms with van der Waals surface area (Å²) >= 11 is 0. The van der Waals surface area contributed by atoms with Crippen molar-refractivity contribution in [2.45, 2.75) is 13.1 Å². The van der Waals surface area contributed by atoms with Gasteiger partial charge in [-0.2, -0.15) is 0 Å². The van der Waals surface area contributed by atoms with Crippen molar-refractivity contribution in [2.75, 3.05) is 0 Å². The van der Waals surface area contributed by atoms with Crippen LogP contribution in [0.1, 0.15) is 10.5 Å². The van der Waals surface area contributed by atoms with Crippen LogP contribution in [-0.2, 0) is 13.1 Å². The fourth-order valence-electron chi connectivity index (χ4n) is 2.00. The topological polar surface area (TPSA) is 98.7 Å². The van der Waals surface area contributed by atoms with Crippen molar-refractivity contribution < 1.29 is 9.90 Å². The van der Waals surface area contributed by atoms with E-state index in [9.17, 15) is 9.90 Å². The number of hydrogen-bond acceptors (Lipinski definition) is 5. The molecule has 0 radical (unpaired) electrons. The molecule has 0 fully saturated rings. The second kappa shape index (κ2) is 5.53. The standard InChI is InChI=1S/C13H12N6O2/c20-13(21)11-12(10-3-1-2-4-15-10)19(17-16-11)8-7-18-6-5-14-9-18/h1-6,9H,7-8H2,(H,20,21). The van der Waals surface area contributed by atoms with E-state index in [1.807, 2.05) is 10.8 Å². The number of aryl methyl sites for hydroxylation is 2. The Morgan fingerprint density at radius 2 is 2.14 bits per heavy atom. The summed E-state index contributed by atoms with van der Waals surface area (Å²) in [6.07, 6.45) is 6.81. The van der Waals surface area contributed by atoms with E-state index in [0.29, 0.717) is 24.5 Å². The molecule has 3 aromatic heterocycles. The molecular weight excluding hydrogens is 272 g/mol. The Hall–Kier alpha value is -3.03. The molecule has 0 atom stereocenters. The molecule has 0 amide bonds. The van der Waals surface area contributed by atoms with Crippen LogP contribution in [0.2, 0.25) is 0 Å². The summed E-state index contributed by atoms with van der Waals surface area (Å²) in [5.41, 5.74) is 0.841. The molecular formula is C13H12N6O2. The molecule has 3 rings (SSSR count). The zero-order chi connectivity index (χ0) is 14.7. The fourth-order valence-corrected chi connectivity index (χ4v) is 2.00. The van der Waals surface area contributed by atoms with E-state index >= 15 is 0 Å². The lowest BCUT2D eigenvalue weighted by molar-refractivity contribution is 0.0691. The van der Waals surface area contributed by atoms with Crippen LogP contribution in [-0.4, -0.2) is 40.6 Å². The Bertz CT molecular complexity index is 735. The maximum atomic E-state index is 11.3. The van der Waals surface area contributed by atoms with Crippen LogP contribution in [0.4, 0.5) is 0 Å². The lowest BCUT2D eigenvalue weighted by Gasteiger charge is -2.07. The first-order valence-corrected chi connectivity index (χ1v) is 6.29. The van der Waals surface area contributed by atoms with Gasteiger partial charge in [-0.15, -0.1) is 5.10 Å². The van der Waals surface area contributed by atoms with Crippen LogP contribution >= 0.6 is 0 Å². The monoisotopic (exact) mass is 284 g/mol. The number of carboxylic acid groups (broad SMARTS) is 1. The molecule has 0 spiro atoms. The summed E-state index contributed by atoms with van der Waals surface area (Å²) in [5, 5.41) is 16.9. The number of rotatable bonds is 5. The lowest BCUT2D eigenvalue weighted by Crippen LogP contribution is -2.10. The molecule has 0 aliphatic heterocycles. The Balaban J connectivity index is 1.95. The molecule has 106 valence electrons. The van der Waals surface area contributed by atoms with Crippen molar-refractivity contribution in [3.05, 3.63) is 48.8 Å². The molecule has 0 aliphatic rings. The van der Waals surface area contributed by atoms with Crippen molar-refractivity contribution in [1.82, 2.24) is 29.5 Å². The number of carboxylic acids is 1. The zero-order valence-corrected chi connectivity index (χ0v) is 11.0. The fraction of sp³-hybridized carbons (Fsp3) is 0.154. The molecule has 8 nitrogen and oxygen atoms in total. The Labute approximate surface area is 119 Å². The molecule has 0 aromatic carbocycles. The first kappa shape index (κ1) is 13.0. The predicted molar refractivity (Wildman–Crippen MR) is 72.4 cm³/mol. The molecule has 0 bridgehead atoms. The van der Waals surface area contributed by atoms with Crippen LogP contribution in [0.3, 0.4) is 0 Å². The van der Waals surface area contributed by atoms with E-state index < -0.39 is 5.97 Å². The third-order valence-electron chi connectivity index (χ3n) is 2.97. The lowest BCUT2D eigenvalue weighted by atomic mass is 10.2. The number of aromatic nitrogens is 6.